The van der Waals surface area contributed by atoms with Gasteiger partial charge in [0.1, 0.15) is 0 Å². The molecule has 2 aromatic carbocycles. The minimum absolute atomic E-state index is 0.210. The number of hydrogen-bond donors (Lipinski definition) is 1. The zero-order chi connectivity index (χ0) is 15.2. The largest absolute Gasteiger partial charge is 0.350 e. The highest BCUT2D eigenvalue weighted by molar-refractivity contribution is 5.91. The second kappa shape index (κ2) is 6.67. The third-order valence-electron chi connectivity index (χ3n) is 3.25. The standard InChI is InChI=1S/C17H16N4O/c22-17(18-12-11-14-7-3-1-4-8-14)16-13-19-21(20-16)15-9-5-2-6-10-15/h1-10,13H,11-12H2,(H,18,22). The van der Waals surface area contributed by atoms with Gasteiger partial charge in [-0.1, -0.05) is 48.5 Å². The summed E-state index contributed by atoms with van der Waals surface area (Å²) in [5.41, 5.74) is 2.33. The molecule has 0 aliphatic heterocycles. The van der Waals surface area contributed by atoms with Gasteiger partial charge in [0.2, 0.25) is 0 Å². The lowest BCUT2D eigenvalue weighted by Gasteiger charge is -2.03. The Morgan fingerprint density at radius 1 is 1.00 bits per heavy atom. The first-order valence-electron chi connectivity index (χ1n) is 7.13. The van der Waals surface area contributed by atoms with Crippen LogP contribution < -0.4 is 5.32 Å². The van der Waals surface area contributed by atoms with Crippen LogP contribution in [0.1, 0.15) is 16.1 Å². The van der Waals surface area contributed by atoms with Crippen molar-refractivity contribution in [2.75, 3.05) is 6.54 Å². The summed E-state index contributed by atoms with van der Waals surface area (Å²) in [5.74, 6) is -0.210. The number of carbonyl (C=O) groups excluding carboxylic acids is 1. The van der Waals surface area contributed by atoms with Crippen LogP contribution in [0.4, 0.5) is 0 Å². The molecule has 1 amide bonds. The van der Waals surface area contributed by atoms with Gasteiger partial charge in [0.05, 0.1) is 11.9 Å². The monoisotopic (exact) mass is 292 g/mol. The van der Waals surface area contributed by atoms with E-state index in [9.17, 15) is 4.79 Å². The number of nitrogens with one attached hydrogen (secondary N) is 1. The van der Waals surface area contributed by atoms with Crippen LogP contribution in [0.15, 0.2) is 66.9 Å². The highest BCUT2D eigenvalue weighted by Gasteiger charge is 2.10. The van der Waals surface area contributed by atoms with E-state index in [0.29, 0.717) is 12.2 Å². The van der Waals surface area contributed by atoms with Crippen LogP contribution in [0.2, 0.25) is 0 Å². The van der Waals surface area contributed by atoms with Crippen LogP contribution >= 0.6 is 0 Å². The van der Waals surface area contributed by atoms with Gasteiger partial charge in [-0.25, -0.2) is 0 Å². The number of benzene rings is 2. The summed E-state index contributed by atoms with van der Waals surface area (Å²) in [5, 5.41) is 11.2. The van der Waals surface area contributed by atoms with Gasteiger partial charge in [-0.15, -0.1) is 5.10 Å². The fourth-order valence-electron chi connectivity index (χ4n) is 2.11. The summed E-state index contributed by atoms with van der Waals surface area (Å²) >= 11 is 0. The van der Waals surface area contributed by atoms with Crippen molar-refractivity contribution in [3.8, 4) is 5.69 Å². The summed E-state index contributed by atoms with van der Waals surface area (Å²) in [6.07, 6.45) is 2.27. The van der Waals surface area contributed by atoms with Crippen molar-refractivity contribution < 1.29 is 4.79 Å². The number of rotatable bonds is 5. The third kappa shape index (κ3) is 3.38. The molecular weight excluding hydrogens is 276 g/mol. The van der Waals surface area contributed by atoms with E-state index in [1.807, 2.05) is 60.7 Å². The van der Waals surface area contributed by atoms with Crippen molar-refractivity contribution >= 4 is 5.91 Å². The molecule has 0 fully saturated rings. The van der Waals surface area contributed by atoms with Gasteiger partial charge in [0.25, 0.3) is 5.91 Å². The molecule has 0 spiro atoms. The summed E-state index contributed by atoms with van der Waals surface area (Å²) in [4.78, 5) is 13.5. The van der Waals surface area contributed by atoms with Gasteiger partial charge in [0.15, 0.2) is 5.69 Å². The maximum atomic E-state index is 12.1. The molecule has 0 bridgehead atoms. The lowest BCUT2D eigenvalue weighted by molar-refractivity contribution is 0.0948. The van der Waals surface area contributed by atoms with Gasteiger partial charge < -0.3 is 5.32 Å². The van der Waals surface area contributed by atoms with Crippen molar-refractivity contribution in [3.05, 3.63) is 78.1 Å². The Hall–Kier alpha value is -2.95. The predicted molar refractivity (Wildman–Crippen MR) is 83.8 cm³/mol. The number of carbonyl (C=O) groups is 1. The topological polar surface area (TPSA) is 59.8 Å². The maximum Gasteiger partial charge on any atom is 0.273 e. The van der Waals surface area contributed by atoms with Crippen molar-refractivity contribution in [3.63, 3.8) is 0 Å². The molecule has 0 atom stereocenters. The molecule has 3 aromatic rings. The Labute approximate surface area is 128 Å². The normalized spacial score (nSPS) is 10.4. The summed E-state index contributed by atoms with van der Waals surface area (Å²) in [6, 6.07) is 19.5. The van der Waals surface area contributed by atoms with Crippen LogP contribution in [-0.2, 0) is 6.42 Å². The van der Waals surface area contributed by atoms with Gasteiger partial charge >= 0.3 is 0 Å². The van der Waals surface area contributed by atoms with Crippen molar-refractivity contribution in [1.82, 2.24) is 20.3 Å². The van der Waals surface area contributed by atoms with Gasteiger partial charge in [-0.05, 0) is 24.1 Å². The van der Waals surface area contributed by atoms with E-state index in [0.717, 1.165) is 12.1 Å². The molecule has 3 rings (SSSR count). The number of nitrogens with zero attached hydrogens (tertiary/aromatic N) is 3. The Morgan fingerprint density at radius 2 is 1.68 bits per heavy atom. The van der Waals surface area contributed by atoms with E-state index in [1.54, 1.807) is 0 Å². The van der Waals surface area contributed by atoms with E-state index in [2.05, 4.69) is 15.5 Å². The first-order chi connectivity index (χ1) is 10.8. The average Bonchev–Trinajstić information content (AvgIpc) is 3.07. The minimum atomic E-state index is -0.210. The second-order valence-electron chi connectivity index (χ2n) is 4.85. The van der Waals surface area contributed by atoms with Crippen molar-refractivity contribution in [2.45, 2.75) is 6.42 Å². The van der Waals surface area contributed by atoms with Crippen LogP contribution in [0.5, 0.6) is 0 Å². The zero-order valence-corrected chi connectivity index (χ0v) is 12.0. The van der Waals surface area contributed by atoms with Crippen LogP contribution in [0.25, 0.3) is 5.69 Å². The SMILES string of the molecule is O=C(NCCc1ccccc1)c1cnn(-c2ccccc2)n1. The molecule has 110 valence electrons. The molecule has 1 heterocycles. The smallest absolute Gasteiger partial charge is 0.273 e. The molecule has 5 nitrogen and oxygen atoms in total. The Bertz CT molecular complexity index is 738. The molecular formula is C17H16N4O. The fourth-order valence-corrected chi connectivity index (χ4v) is 2.11. The lowest BCUT2D eigenvalue weighted by Crippen LogP contribution is -2.26. The predicted octanol–water partition coefficient (Wildman–Crippen LogP) is 2.24. The molecule has 5 heteroatoms. The zero-order valence-electron chi connectivity index (χ0n) is 12.0. The van der Waals surface area contributed by atoms with Crippen molar-refractivity contribution in [2.24, 2.45) is 0 Å². The lowest BCUT2D eigenvalue weighted by atomic mass is 10.1. The highest BCUT2D eigenvalue weighted by Crippen LogP contribution is 2.04. The molecule has 0 aliphatic carbocycles. The summed E-state index contributed by atoms with van der Waals surface area (Å²) < 4.78 is 0. The van der Waals surface area contributed by atoms with Crippen LogP contribution in [0, 0.1) is 0 Å². The molecule has 0 unspecified atom stereocenters. The van der Waals surface area contributed by atoms with Gasteiger partial charge in [-0.2, -0.15) is 9.90 Å². The maximum absolute atomic E-state index is 12.1. The van der Waals surface area contributed by atoms with E-state index < -0.39 is 0 Å². The number of amides is 1. The quantitative estimate of drug-likeness (QED) is 0.784. The van der Waals surface area contributed by atoms with Gasteiger partial charge in [0, 0.05) is 6.54 Å². The Kier molecular flexibility index (Phi) is 4.25. The van der Waals surface area contributed by atoms with Gasteiger partial charge in [-0.3, -0.25) is 4.79 Å². The van der Waals surface area contributed by atoms with E-state index in [-0.39, 0.29) is 5.91 Å². The van der Waals surface area contributed by atoms with Crippen LogP contribution in [-0.4, -0.2) is 27.4 Å². The Balaban J connectivity index is 1.58. The molecule has 1 N–H and O–H groups in total. The first-order valence-corrected chi connectivity index (χ1v) is 7.13. The average molecular weight is 292 g/mol. The fraction of sp³-hybridized carbons (Fsp3) is 0.118. The second-order valence-corrected chi connectivity index (χ2v) is 4.85. The Morgan fingerprint density at radius 3 is 2.41 bits per heavy atom. The number of aromatic nitrogens is 3. The first kappa shape index (κ1) is 14.0. The molecule has 1 aromatic heterocycles. The van der Waals surface area contributed by atoms with E-state index in [1.165, 1.54) is 16.6 Å². The van der Waals surface area contributed by atoms with Crippen LogP contribution in [0.3, 0.4) is 0 Å². The molecule has 0 aliphatic rings. The molecule has 0 saturated heterocycles. The van der Waals surface area contributed by atoms with E-state index >= 15 is 0 Å². The molecule has 22 heavy (non-hydrogen) atoms. The molecule has 0 radical (unpaired) electrons. The molecule has 0 saturated carbocycles. The highest BCUT2D eigenvalue weighted by atomic mass is 16.2. The summed E-state index contributed by atoms with van der Waals surface area (Å²) in [7, 11) is 0. The summed E-state index contributed by atoms with van der Waals surface area (Å²) in [6.45, 7) is 0.570. The number of hydrogen-bond acceptors (Lipinski definition) is 3. The minimum Gasteiger partial charge on any atom is -0.350 e. The third-order valence-corrected chi connectivity index (χ3v) is 3.25. The number of para-hydroxylation sites is 1. The van der Waals surface area contributed by atoms with Crippen molar-refractivity contribution in [1.29, 1.82) is 0 Å². The van der Waals surface area contributed by atoms with E-state index in [4.69, 9.17) is 0 Å².